The Morgan fingerprint density at radius 1 is 1.46 bits per heavy atom. The average Bonchev–Trinajstić information content (AvgIpc) is 2.02. The smallest absolute Gasteiger partial charge is 0.235 e. The lowest BCUT2D eigenvalue weighted by atomic mass is 10.6. The zero-order valence-corrected chi connectivity index (χ0v) is 8.23. The molecule has 0 spiro atoms. The minimum atomic E-state index is -3.51. The molecule has 0 saturated heterocycles. The molecule has 0 radical (unpaired) electrons. The number of carbonyl (C=O) groups is 1. The largest absolute Gasteiger partial charge is 0.395 e. The van der Waals surface area contributed by atoms with Crippen molar-refractivity contribution in [1.29, 1.82) is 0 Å². The number of hydrogen-bond acceptors (Lipinski definition) is 4. The fraction of sp³-hybridized carbons (Fsp3) is 0.833. The third-order valence-electron chi connectivity index (χ3n) is 1.19. The first kappa shape index (κ1) is 12.3. The van der Waals surface area contributed by atoms with Gasteiger partial charge < -0.3 is 10.4 Å². The SMILES string of the molecule is CCNC(=O)CNS(=O)(=O)CCO. The van der Waals surface area contributed by atoms with E-state index in [9.17, 15) is 13.2 Å². The molecule has 0 atom stereocenters. The van der Waals surface area contributed by atoms with E-state index in [1.807, 2.05) is 4.72 Å². The van der Waals surface area contributed by atoms with Gasteiger partial charge in [0.25, 0.3) is 0 Å². The summed E-state index contributed by atoms with van der Waals surface area (Å²) < 4.78 is 23.8. The molecule has 0 aromatic heterocycles. The summed E-state index contributed by atoms with van der Waals surface area (Å²) in [4.78, 5) is 10.8. The number of aliphatic hydroxyl groups is 1. The lowest BCUT2D eigenvalue weighted by Crippen LogP contribution is -2.38. The first-order valence-corrected chi connectivity index (χ1v) is 5.52. The van der Waals surface area contributed by atoms with Gasteiger partial charge in [0.05, 0.1) is 18.9 Å². The molecule has 0 fully saturated rings. The summed E-state index contributed by atoms with van der Waals surface area (Å²) in [6.45, 7) is 1.46. The molecule has 0 aliphatic heterocycles. The molecular weight excluding hydrogens is 196 g/mol. The molecule has 0 aliphatic rings. The second-order valence-electron chi connectivity index (χ2n) is 2.32. The molecule has 1 amide bonds. The Morgan fingerprint density at radius 2 is 2.08 bits per heavy atom. The Labute approximate surface area is 77.4 Å². The van der Waals surface area contributed by atoms with Crippen LogP contribution in [-0.4, -0.2) is 44.9 Å². The number of likely N-dealkylation sites (N-methyl/N-ethyl adjacent to an activating group) is 1. The van der Waals surface area contributed by atoms with Crippen molar-refractivity contribution < 1.29 is 18.3 Å². The van der Waals surface area contributed by atoms with Gasteiger partial charge in [0.1, 0.15) is 0 Å². The first-order valence-electron chi connectivity index (χ1n) is 3.86. The number of hydrogen-bond donors (Lipinski definition) is 3. The molecule has 0 saturated carbocycles. The maximum atomic E-state index is 10.9. The summed E-state index contributed by atoms with van der Waals surface area (Å²) in [5.41, 5.74) is 0. The van der Waals surface area contributed by atoms with Gasteiger partial charge in [0.2, 0.25) is 15.9 Å². The highest BCUT2D eigenvalue weighted by molar-refractivity contribution is 7.89. The minimum absolute atomic E-state index is 0.282. The lowest BCUT2D eigenvalue weighted by Gasteiger charge is -2.04. The Hall–Kier alpha value is -0.660. The average molecular weight is 210 g/mol. The van der Waals surface area contributed by atoms with Crippen molar-refractivity contribution in [2.75, 3.05) is 25.4 Å². The van der Waals surface area contributed by atoms with Gasteiger partial charge in [-0.25, -0.2) is 13.1 Å². The Kier molecular flexibility index (Phi) is 5.60. The van der Waals surface area contributed by atoms with Crippen LogP contribution in [-0.2, 0) is 14.8 Å². The van der Waals surface area contributed by atoms with E-state index < -0.39 is 16.6 Å². The van der Waals surface area contributed by atoms with Gasteiger partial charge in [-0.1, -0.05) is 0 Å². The Bertz CT molecular complexity index is 249. The predicted octanol–water partition coefficient (Wildman–Crippen LogP) is -1.97. The number of rotatable bonds is 6. The van der Waals surface area contributed by atoms with E-state index in [1.165, 1.54) is 0 Å². The summed E-state index contributed by atoms with van der Waals surface area (Å²) in [6.07, 6.45) is 0. The van der Waals surface area contributed by atoms with Crippen LogP contribution in [0.3, 0.4) is 0 Å². The van der Waals surface area contributed by atoms with E-state index in [1.54, 1.807) is 6.92 Å². The molecule has 78 valence electrons. The maximum absolute atomic E-state index is 10.9. The van der Waals surface area contributed by atoms with E-state index in [0.29, 0.717) is 6.54 Å². The van der Waals surface area contributed by atoms with Gasteiger partial charge >= 0.3 is 0 Å². The molecule has 0 aromatic rings. The zero-order valence-electron chi connectivity index (χ0n) is 7.41. The summed E-state index contributed by atoms with van der Waals surface area (Å²) in [5.74, 6) is -0.768. The fourth-order valence-electron chi connectivity index (χ4n) is 0.628. The number of aliphatic hydroxyl groups excluding tert-OH is 1. The Morgan fingerprint density at radius 3 is 2.54 bits per heavy atom. The first-order chi connectivity index (χ1) is 6.02. The molecule has 0 aliphatic carbocycles. The monoisotopic (exact) mass is 210 g/mol. The van der Waals surface area contributed by atoms with E-state index in [4.69, 9.17) is 5.11 Å². The normalized spacial score (nSPS) is 11.2. The van der Waals surface area contributed by atoms with Crippen LogP contribution in [0.15, 0.2) is 0 Å². The van der Waals surface area contributed by atoms with Crippen molar-refractivity contribution in [3.05, 3.63) is 0 Å². The standard InChI is InChI=1S/C6H14N2O4S/c1-2-7-6(10)5-8-13(11,12)4-3-9/h8-9H,2-5H2,1H3,(H,7,10). The third-order valence-corrected chi connectivity index (χ3v) is 2.49. The minimum Gasteiger partial charge on any atom is -0.395 e. The second-order valence-corrected chi connectivity index (χ2v) is 4.24. The lowest BCUT2D eigenvalue weighted by molar-refractivity contribution is -0.119. The number of amides is 1. The molecule has 0 bridgehead atoms. The molecule has 0 heterocycles. The van der Waals surface area contributed by atoms with Crippen molar-refractivity contribution in [1.82, 2.24) is 10.0 Å². The second kappa shape index (κ2) is 5.90. The summed E-state index contributed by atoms with van der Waals surface area (Å²) in [5, 5.41) is 10.8. The van der Waals surface area contributed by atoms with E-state index in [-0.39, 0.29) is 18.2 Å². The number of nitrogens with one attached hydrogen (secondary N) is 2. The number of sulfonamides is 1. The molecule has 0 rings (SSSR count). The summed E-state index contributed by atoms with van der Waals surface area (Å²) in [7, 11) is -3.51. The quantitative estimate of drug-likeness (QED) is 0.474. The molecule has 0 unspecified atom stereocenters. The summed E-state index contributed by atoms with van der Waals surface area (Å²) >= 11 is 0. The van der Waals surface area contributed by atoms with E-state index >= 15 is 0 Å². The van der Waals surface area contributed by atoms with E-state index in [0.717, 1.165) is 0 Å². The van der Waals surface area contributed by atoms with Crippen molar-refractivity contribution in [3.8, 4) is 0 Å². The molecule has 0 aromatic carbocycles. The predicted molar refractivity (Wildman–Crippen MR) is 47.6 cm³/mol. The highest BCUT2D eigenvalue weighted by atomic mass is 32.2. The molecule has 7 heteroatoms. The number of carbonyl (C=O) groups excluding carboxylic acids is 1. The Balaban J connectivity index is 3.81. The van der Waals surface area contributed by atoms with Crippen molar-refractivity contribution in [2.45, 2.75) is 6.92 Å². The third kappa shape index (κ3) is 6.50. The topological polar surface area (TPSA) is 95.5 Å². The molecule has 6 nitrogen and oxygen atoms in total. The van der Waals surface area contributed by atoms with Crippen molar-refractivity contribution in [2.24, 2.45) is 0 Å². The molecule has 3 N–H and O–H groups in total. The van der Waals surface area contributed by atoms with Gasteiger partial charge in [-0.15, -0.1) is 0 Å². The van der Waals surface area contributed by atoms with Crippen LogP contribution in [0.2, 0.25) is 0 Å². The van der Waals surface area contributed by atoms with Crippen LogP contribution >= 0.6 is 0 Å². The van der Waals surface area contributed by atoms with Crippen LogP contribution in [0.25, 0.3) is 0 Å². The van der Waals surface area contributed by atoms with Crippen molar-refractivity contribution >= 4 is 15.9 Å². The van der Waals surface area contributed by atoms with Crippen molar-refractivity contribution in [3.63, 3.8) is 0 Å². The highest BCUT2D eigenvalue weighted by Gasteiger charge is 2.10. The van der Waals surface area contributed by atoms with Gasteiger partial charge in [0, 0.05) is 6.54 Å². The van der Waals surface area contributed by atoms with Crippen LogP contribution in [0.4, 0.5) is 0 Å². The van der Waals surface area contributed by atoms with Gasteiger partial charge in [-0.2, -0.15) is 0 Å². The van der Waals surface area contributed by atoms with Crippen LogP contribution < -0.4 is 10.0 Å². The fourth-order valence-corrected chi connectivity index (χ4v) is 1.36. The molecular formula is C6H14N2O4S. The molecule has 13 heavy (non-hydrogen) atoms. The van der Waals surface area contributed by atoms with Gasteiger partial charge in [-0.05, 0) is 6.92 Å². The van der Waals surface area contributed by atoms with Crippen LogP contribution in [0.1, 0.15) is 6.92 Å². The van der Waals surface area contributed by atoms with Crippen LogP contribution in [0, 0.1) is 0 Å². The summed E-state index contributed by atoms with van der Waals surface area (Å²) in [6, 6.07) is 0. The van der Waals surface area contributed by atoms with Gasteiger partial charge in [-0.3, -0.25) is 4.79 Å². The highest BCUT2D eigenvalue weighted by Crippen LogP contribution is 1.81. The zero-order chi connectivity index (χ0) is 10.3. The van der Waals surface area contributed by atoms with Crippen LogP contribution in [0.5, 0.6) is 0 Å². The maximum Gasteiger partial charge on any atom is 0.235 e. The van der Waals surface area contributed by atoms with Gasteiger partial charge in [0.15, 0.2) is 0 Å². The van der Waals surface area contributed by atoms with E-state index in [2.05, 4.69) is 5.32 Å².